The zero-order valence-electron chi connectivity index (χ0n) is 15.1. The average molecular weight is 349 g/mol. The lowest BCUT2D eigenvalue weighted by Crippen LogP contribution is -1.94. The van der Waals surface area contributed by atoms with E-state index in [4.69, 9.17) is 0 Å². The van der Waals surface area contributed by atoms with Crippen LogP contribution in [0.5, 0.6) is 0 Å². The second kappa shape index (κ2) is 17.9. The van der Waals surface area contributed by atoms with Crippen LogP contribution in [0.15, 0.2) is 60.3 Å². The largest absolute Gasteiger partial charge is 0.395 e. The fraction of sp³-hybridized carbons (Fsp3) is 0.476. The van der Waals surface area contributed by atoms with Gasteiger partial charge in [0, 0.05) is 19.3 Å². The van der Waals surface area contributed by atoms with E-state index in [1.807, 2.05) is 0 Å². The van der Waals surface area contributed by atoms with Gasteiger partial charge in [0.1, 0.15) is 0 Å². The number of thiol groups is 1. The van der Waals surface area contributed by atoms with Gasteiger partial charge in [0.05, 0.1) is 0 Å². The number of rotatable bonds is 13. The molecule has 0 radical (unpaired) electrons. The summed E-state index contributed by atoms with van der Waals surface area (Å²) in [5.41, 5.74) is 1.40. The van der Waals surface area contributed by atoms with Gasteiger partial charge < -0.3 is 4.18 Å². The predicted molar refractivity (Wildman–Crippen MR) is 108 cm³/mol. The van der Waals surface area contributed by atoms with Gasteiger partial charge in [0.25, 0.3) is 0 Å². The molecule has 0 aliphatic heterocycles. The Hall–Kier alpha value is -1.48. The normalized spacial score (nSPS) is 13.0. The Morgan fingerprint density at radius 3 is 2.25 bits per heavy atom. The van der Waals surface area contributed by atoms with E-state index >= 15 is 0 Å². The lowest BCUT2D eigenvalue weighted by atomic mass is 10.1. The summed E-state index contributed by atoms with van der Waals surface area (Å²) >= 11 is 3.47. The Bertz CT molecular complexity index is 456. The summed E-state index contributed by atoms with van der Waals surface area (Å²) < 4.78 is 4.30. The maximum absolute atomic E-state index is 10.9. The molecule has 0 spiro atoms. The summed E-state index contributed by atoms with van der Waals surface area (Å²) in [6.45, 7) is 4.32. The molecule has 0 bridgehead atoms. The van der Waals surface area contributed by atoms with Crippen molar-refractivity contribution in [2.24, 2.45) is 0 Å². The number of allylic oxidation sites excluding steroid dienone is 10. The van der Waals surface area contributed by atoms with Crippen molar-refractivity contribution in [1.82, 2.24) is 0 Å². The smallest absolute Gasteiger partial charge is 0.317 e. The van der Waals surface area contributed by atoms with Gasteiger partial charge in [-0.2, -0.15) is 0 Å². The Balaban J connectivity index is 3.68. The molecule has 0 aromatic carbocycles. The first-order chi connectivity index (χ1) is 11.7. The molecule has 0 aromatic rings. The highest BCUT2D eigenvalue weighted by Gasteiger charge is 1.97. The molecule has 0 rings (SSSR count). The van der Waals surface area contributed by atoms with Gasteiger partial charge in [-0.1, -0.05) is 67.2 Å². The van der Waals surface area contributed by atoms with E-state index < -0.39 is 0 Å². The summed E-state index contributed by atoms with van der Waals surface area (Å²) in [7, 11) is 0. The molecule has 0 atom stereocenters. The van der Waals surface area contributed by atoms with Crippen LogP contribution in [-0.4, -0.2) is 5.97 Å². The second-order valence-corrected chi connectivity index (χ2v) is 5.79. The van der Waals surface area contributed by atoms with Crippen molar-refractivity contribution in [3.05, 3.63) is 60.3 Å². The van der Waals surface area contributed by atoms with Gasteiger partial charge >= 0.3 is 5.97 Å². The lowest BCUT2D eigenvalue weighted by molar-refractivity contribution is -0.132. The molecular formula is C21H32O2S. The molecule has 0 aliphatic carbocycles. The molecule has 3 heteroatoms. The minimum Gasteiger partial charge on any atom is -0.395 e. The van der Waals surface area contributed by atoms with Gasteiger partial charge in [0.15, 0.2) is 0 Å². The van der Waals surface area contributed by atoms with Crippen molar-refractivity contribution in [1.29, 1.82) is 0 Å². The first-order valence-electron chi connectivity index (χ1n) is 8.80. The molecular weight excluding hydrogens is 316 g/mol. The number of carbonyl (C=O) groups is 1. The van der Waals surface area contributed by atoms with Crippen molar-refractivity contribution < 1.29 is 8.98 Å². The van der Waals surface area contributed by atoms with Gasteiger partial charge in [-0.25, -0.2) is 0 Å². The first kappa shape index (κ1) is 22.5. The number of unbranched alkanes of at least 4 members (excludes halogenated alkanes) is 1. The molecule has 0 amide bonds. The summed E-state index contributed by atoms with van der Waals surface area (Å²) in [4.78, 5) is 10.9. The van der Waals surface area contributed by atoms with E-state index in [1.165, 1.54) is 5.57 Å². The third kappa shape index (κ3) is 16.9. The van der Waals surface area contributed by atoms with Crippen LogP contribution >= 0.6 is 12.9 Å². The van der Waals surface area contributed by atoms with Crippen molar-refractivity contribution in [3.63, 3.8) is 0 Å². The maximum Gasteiger partial charge on any atom is 0.317 e. The van der Waals surface area contributed by atoms with Crippen LogP contribution in [0.4, 0.5) is 0 Å². The number of hydrogen-bond acceptors (Lipinski definition) is 3. The molecule has 0 unspecified atom stereocenters. The fourth-order valence-electron chi connectivity index (χ4n) is 1.95. The molecule has 0 aromatic heterocycles. The number of carbonyl (C=O) groups excluding carboxylic acids is 1. The minimum absolute atomic E-state index is 0.263. The van der Waals surface area contributed by atoms with Crippen molar-refractivity contribution >= 4 is 18.9 Å². The van der Waals surface area contributed by atoms with Crippen LogP contribution in [0.25, 0.3) is 0 Å². The summed E-state index contributed by atoms with van der Waals surface area (Å²) in [5.74, 6) is -0.263. The molecule has 24 heavy (non-hydrogen) atoms. The first-order valence-corrected chi connectivity index (χ1v) is 9.17. The molecule has 0 heterocycles. The van der Waals surface area contributed by atoms with Crippen LogP contribution in [0.3, 0.4) is 0 Å². The SMILES string of the molecule is CCC=CCC=CCC=C(C)CC=CCC=CCCCC(=O)OS. The molecule has 0 saturated heterocycles. The Morgan fingerprint density at radius 2 is 1.54 bits per heavy atom. The summed E-state index contributed by atoms with van der Waals surface area (Å²) in [5, 5.41) is 0. The zero-order chi connectivity index (χ0) is 17.9. The molecule has 0 saturated carbocycles. The summed E-state index contributed by atoms with van der Waals surface area (Å²) in [6, 6.07) is 0. The maximum atomic E-state index is 10.9. The van der Waals surface area contributed by atoms with Crippen LogP contribution in [-0.2, 0) is 8.98 Å². The molecule has 0 fully saturated rings. The average Bonchev–Trinajstić information content (AvgIpc) is 2.59. The van der Waals surface area contributed by atoms with E-state index in [1.54, 1.807) is 0 Å². The Morgan fingerprint density at radius 1 is 0.917 bits per heavy atom. The van der Waals surface area contributed by atoms with Gasteiger partial charge in [-0.15, -0.1) is 0 Å². The van der Waals surface area contributed by atoms with E-state index in [0.717, 1.165) is 44.9 Å². The van der Waals surface area contributed by atoms with E-state index in [0.29, 0.717) is 6.42 Å². The fourth-order valence-corrected chi connectivity index (χ4v) is 2.05. The summed E-state index contributed by atoms with van der Waals surface area (Å²) in [6.07, 6.45) is 27.0. The Labute approximate surface area is 153 Å². The predicted octanol–water partition coefficient (Wildman–Crippen LogP) is 6.69. The molecule has 0 aliphatic rings. The highest BCUT2D eigenvalue weighted by molar-refractivity contribution is 7.75. The van der Waals surface area contributed by atoms with E-state index in [-0.39, 0.29) is 5.97 Å². The van der Waals surface area contributed by atoms with Crippen molar-refractivity contribution in [3.8, 4) is 0 Å². The third-order valence-electron chi connectivity index (χ3n) is 3.34. The molecule has 134 valence electrons. The van der Waals surface area contributed by atoms with E-state index in [2.05, 4.69) is 85.6 Å². The standard InChI is InChI=1S/C21H32O2S/c1-3-4-5-6-8-11-14-17-20(2)18-15-12-9-7-10-13-16-19-21(22)23-24/h4-5,7-8,10-12,15,17,24H,3,6,9,13-14,16,18-19H2,1-2H3. The minimum atomic E-state index is -0.263. The highest BCUT2D eigenvalue weighted by atomic mass is 32.1. The van der Waals surface area contributed by atoms with Crippen LogP contribution in [0, 0.1) is 0 Å². The number of hydrogen-bond donors (Lipinski definition) is 1. The monoisotopic (exact) mass is 348 g/mol. The zero-order valence-corrected chi connectivity index (χ0v) is 16.0. The van der Waals surface area contributed by atoms with Crippen molar-refractivity contribution in [2.75, 3.05) is 0 Å². The molecule has 0 N–H and O–H groups in total. The van der Waals surface area contributed by atoms with Crippen LogP contribution in [0.2, 0.25) is 0 Å². The quantitative estimate of drug-likeness (QED) is 0.174. The van der Waals surface area contributed by atoms with Crippen LogP contribution in [0.1, 0.15) is 65.2 Å². The van der Waals surface area contributed by atoms with E-state index in [9.17, 15) is 4.79 Å². The highest BCUT2D eigenvalue weighted by Crippen LogP contribution is 2.05. The molecule has 2 nitrogen and oxygen atoms in total. The van der Waals surface area contributed by atoms with Gasteiger partial charge in [-0.3, -0.25) is 4.79 Å². The lowest BCUT2D eigenvalue weighted by Gasteiger charge is -1.95. The van der Waals surface area contributed by atoms with Gasteiger partial charge in [-0.05, 0) is 51.9 Å². The van der Waals surface area contributed by atoms with Gasteiger partial charge in [0.2, 0.25) is 0 Å². The van der Waals surface area contributed by atoms with Crippen molar-refractivity contribution in [2.45, 2.75) is 65.2 Å². The topological polar surface area (TPSA) is 26.3 Å². The second-order valence-electron chi connectivity index (χ2n) is 5.61. The third-order valence-corrected chi connectivity index (χ3v) is 3.55. The Kier molecular flexibility index (Phi) is 16.8. The van der Waals surface area contributed by atoms with Crippen LogP contribution < -0.4 is 0 Å².